The van der Waals surface area contributed by atoms with E-state index in [0.29, 0.717) is 5.95 Å². The third-order valence-electron chi connectivity index (χ3n) is 6.29. The van der Waals surface area contributed by atoms with Gasteiger partial charge in [-0.3, -0.25) is 4.57 Å². The Morgan fingerprint density at radius 1 is 0.941 bits per heavy atom. The molecule has 9 nitrogen and oxygen atoms in total. The Balaban J connectivity index is 1.17. The molecule has 1 aliphatic rings. The predicted octanol–water partition coefficient (Wildman–Crippen LogP) is 3.89. The molecule has 0 radical (unpaired) electrons. The number of aromatic amines is 1. The molecule has 0 spiro atoms. The molecule has 0 aliphatic carbocycles. The molecule has 3 aromatic heterocycles. The monoisotopic (exact) mass is 452 g/mol. The molecule has 0 saturated carbocycles. The fourth-order valence-corrected chi connectivity index (χ4v) is 4.61. The van der Waals surface area contributed by atoms with E-state index in [1.54, 1.807) is 17.2 Å². The van der Waals surface area contributed by atoms with Crippen molar-refractivity contribution in [1.82, 2.24) is 29.3 Å². The van der Waals surface area contributed by atoms with Crippen LogP contribution in [0.3, 0.4) is 0 Å². The molecule has 0 unspecified atom stereocenters. The number of nitrogens with one attached hydrogen (secondary N) is 2. The molecule has 2 aromatic carbocycles. The molecule has 1 fully saturated rings. The number of aromatic nitrogens is 6. The Bertz CT molecular complexity index is 1480. The molecule has 170 valence electrons. The smallest absolute Gasteiger partial charge is 0.326 e. The number of H-pyrrole nitrogens is 1. The van der Waals surface area contributed by atoms with E-state index in [9.17, 15) is 4.79 Å². The highest BCUT2D eigenvalue weighted by molar-refractivity contribution is 5.75. The maximum atomic E-state index is 12.6. The second-order valence-corrected chi connectivity index (χ2v) is 8.41. The average Bonchev–Trinajstić information content (AvgIpc) is 3.48. The molecule has 0 amide bonds. The van der Waals surface area contributed by atoms with Crippen LogP contribution in [0.4, 0.5) is 17.5 Å². The Kier molecular flexibility index (Phi) is 5.06. The normalized spacial score (nSPS) is 14.5. The summed E-state index contributed by atoms with van der Waals surface area (Å²) in [7, 11) is 0. The lowest BCUT2D eigenvalue weighted by molar-refractivity contribution is 0.395. The number of hydrogen-bond donors (Lipinski definition) is 2. The van der Waals surface area contributed by atoms with Crippen LogP contribution < -0.4 is 15.9 Å². The van der Waals surface area contributed by atoms with Gasteiger partial charge in [0, 0.05) is 37.1 Å². The minimum atomic E-state index is -0.0362. The van der Waals surface area contributed by atoms with Gasteiger partial charge in [0.05, 0.1) is 16.7 Å². The Hall–Kier alpha value is -4.40. The van der Waals surface area contributed by atoms with Gasteiger partial charge in [-0.2, -0.15) is 4.98 Å². The molecule has 4 heterocycles. The van der Waals surface area contributed by atoms with Crippen LogP contribution in [0.5, 0.6) is 0 Å². The van der Waals surface area contributed by atoms with Gasteiger partial charge >= 0.3 is 5.69 Å². The number of benzene rings is 2. The van der Waals surface area contributed by atoms with Gasteiger partial charge in [-0.15, -0.1) is 5.10 Å². The number of pyridine rings is 1. The van der Waals surface area contributed by atoms with Crippen molar-refractivity contribution in [2.24, 2.45) is 0 Å². The summed E-state index contributed by atoms with van der Waals surface area (Å²) in [5, 5.41) is 7.76. The number of imidazole rings is 1. The van der Waals surface area contributed by atoms with Crippen molar-refractivity contribution in [2.45, 2.75) is 18.9 Å². The van der Waals surface area contributed by atoms with Gasteiger partial charge in [0.15, 0.2) is 0 Å². The Morgan fingerprint density at radius 3 is 2.59 bits per heavy atom. The highest BCUT2D eigenvalue weighted by Crippen LogP contribution is 2.28. The summed E-state index contributed by atoms with van der Waals surface area (Å²) in [4.78, 5) is 26.8. The zero-order chi connectivity index (χ0) is 22.9. The number of rotatable bonds is 5. The Morgan fingerprint density at radius 2 is 1.74 bits per heavy atom. The second kappa shape index (κ2) is 8.51. The molecule has 9 heteroatoms. The van der Waals surface area contributed by atoms with Crippen LogP contribution in [0, 0.1) is 0 Å². The number of para-hydroxylation sites is 3. The van der Waals surface area contributed by atoms with Gasteiger partial charge in [-0.05, 0) is 43.2 Å². The van der Waals surface area contributed by atoms with Crippen LogP contribution in [-0.4, -0.2) is 42.4 Å². The highest BCUT2D eigenvalue weighted by atomic mass is 16.1. The van der Waals surface area contributed by atoms with E-state index in [1.807, 2.05) is 71.3 Å². The third-order valence-corrected chi connectivity index (χ3v) is 6.29. The lowest BCUT2D eigenvalue weighted by atomic mass is 10.0. The van der Waals surface area contributed by atoms with Crippen molar-refractivity contribution in [1.29, 1.82) is 0 Å². The molecule has 1 saturated heterocycles. The van der Waals surface area contributed by atoms with E-state index in [1.165, 1.54) is 0 Å². The standard InChI is InChI=1S/C25H24N8O/c34-25-29-21-8-4-5-9-22(21)33(25)19-11-14-31(15-12-19)23-16-20(10-13-26-23)32-17-27-24(30-32)28-18-6-2-1-3-7-18/h1-10,13,16-17,19H,11-12,14-15H2,(H,28,30)(H,29,34). The second-order valence-electron chi connectivity index (χ2n) is 8.41. The van der Waals surface area contributed by atoms with Crippen molar-refractivity contribution in [3.63, 3.8) is 0 Å². The van der Waals surface area contributed by atoms with Gasteiger partial charge < -0.3 is 15.2 Å². The predicted molar refractivity (Wildman–Crippen MR) is 132 cm³/mol. The SMILES string of the molecule is O=c1[nH]c2ccccc2n1C1CCN(c2cc(-n3cnc(Nc4ccccc4)n3)ccn2)CC1. The molecule has 2 N–H and O–H groups in total. The molecule has 0 bridgehead atoms. The quantitative estimate of drug-likeness (QED) is 0.420. The Labute approximate surface area is 195 Å². The molecule has 1 aliphatic heterocycles. The first-order valence-corrected chi connectivity index (χ1v) is 11.4. The van der Waals surface area contributed by atoms with Crippen molar-refractivity contribution in [2.75, 3.05) is 23.3 Å². The molecule has 0 atom stereocenters. The maximum Gasteiger partial charge on any atom is 0.326 e. The number of anilines is 3. The van der Waals surface area contributed by atoms with Gasteiger partial charge in [-0.1, -0.05) is 30.3 Å². The first-order valence-electron chi connectivity index (χ1n) is 11.4. The summed E-state index contributed by atoms with van der Waals surface area (Å²) in [5.41, 5.74) is 3.66. The fourth-order valence-electron chi connectivity index (χ4n) is 4.61. The van der Waals surface area contributed by atoms with Gasteiger partial charge in [-0.25, -0.2) is 14.5 Å². The maximum absolute atomic E-state index is 12.6. The van der Waals surface area contributed by atoms with E-state index in [0.717, 1.165) is 54.2 Å². The zero-order valence-corrected chi connectivity index (χ0v) is 18.5. The van der Waals surface area contributed by atoms with Crippen LogP contribution in [0.1, 0.15) is 18.9 Å². The summed E-state index contributed by atoms with van der Waals surface area (Å²) < 4.78 is 3.65. The summed E-state index contributed by atoms with van der Waals surface area (Å²) in [6.45, 7) is 1.65. The molecular formula is C25H24N8O. The number of fused-ring (bicyclic) bond motifs is 1. The number of piperidine rings is 1. The van der Waals surface area contributed by atoms with Crippen molar-refractivity contribution < 1.29 is 0 Å². The minimum Gasteiger partial charge on any atom is -0.356 e. The molecule has 5 aromatic rings. The lowest BCUT2D eigenvalue weighted by Gasteiger charge is -2.33. The van der Waals surface area contributed by atoms with E-state index in [2.05, 4.69) is 30.3 Å². The van der Waals surface area contributed by atoms with Crippen LogP contribution >= 0.6 is 0 Å². The lowest BCUT2D eigenvalue weighted by Crippen LogP contribution is -2.37. The first-order chi connectivity index (χ1) is 16.7. The third kappa shape index (κ3) is 3.81. The molecule has 34 heavy (non-hydrogen) atoms. The zero-order valence-electron chi connectivity index (χ0n) is 18.5. The van der Waals surface area contributed by atoms with E-state index in [-0.39, 0.29) is 11.7 Å². The minimum absolute atomic E-state index is 0.0362. The van der Waals surface area contributed by atoms with Crippen molar-refractivity contribution in [3.05, 3.63) is 89.7 Å². The van der Waals surface area contributed by atoms with Crippen LogP contribution in [0.2, 0.25) is 0 Å². The first kappa shape index (κ1) is 20.2. The topological polar surface area (TPSA) is 96.7 Å². The molecular weight excluding hydrogens is 428 g/mol. The van der Waals surface area contributed by atoms with Gasteiger partial charge in [0.1, 0.15) is 12.1 Å². The largest absolute Gasteiger partial charge is 0.356 e. The summed E-state index contributed by atoms with van der Waals surface area (Å²) in [5.74, 6) is 1.44. The van der Waals surface area contributed by atoms with Crippen LogP contribution in [0.25, 0.3) is 16.7 Å². The number of nitrogens with zero attached hydrogens (tertiary/aromatic N) is 6. The average molecular weight is 453 g/mol. The van der Waals surface area contributed by atoms with E-state index in [4.69, 9.17) is 0 Å². The number of hydrogen-bond acceptors (Lipinski definition) is 6. The van der Waals surface area contributed by atoms with Crippen molar-refractivity contribution >= 4 is 28.5 Å². The van der Waals surface area contributed by atoms with Crippen molar-refractivity contribution in [3.8, 4) is 5.69 Å². The van der Waals surface area contributed by atoms with Crippen LogP contribution in [0.15, 0.2) is 84.0 Å². The van der Waals surface area contributed by atoms with Gasteiger partial charge in [0.2, 0.25) is 5.95 Å². The highest BCUT2D eigenvalue weighted by Gasteiger charge is 2.24. The van der Waals surface area contributed by atoms with Crippen LogP contribution in [-0.2, 0) is 0 Å². The van der Waals surface area contributed by atoms with E-state index >= 15 is 0 Å². The summed E-state index contributed by atoms with van der Waals surface area (Å²) in [6.07, 6.45) is 5.25. The fraction of sp³-hybridized carbons (Fsp3) is 0.200. The van der Waals surface area contributed by atoms with E-state index < -0.39 is 0 Å². The molecule has 6 rings (SSSR count). The summed E-state index contributed by atoms with van der Waals surface area (Å²) >= 11 is 0. The van der Waals surface area contributed by atoms with Gasteiger partial charge in [0.25, 0.3) is 0 Å². The summed E-state index contributed by atoms with van der Waals surface area (Å²) in [6, 6.07) is 21.8.